The summed E-state index contributed by atoms with van der Waals surface area (Å²) in [6.45, 7) is 0. The highest BCUT2D eigenvalue weighted by Crippen LogP contribution is 2.12. The second-order valence-electron chi connectivity index (χ2n) is 3.06. The lowest BCUT2D eigenvalue weighted by molar-refractivity contribution is 0.103. The van der Waals surface area contributed by atoms with Gasteiger partial charge in [-0.1, -0.05) is 0 Å². The highest BCUT2D eigenvalue weighted by atomic mass is 19.2. The molecule has 1 heterocycles. The Morgan fingerprint density at radius 1 is 1.07 bits per heavy atom. The first kappa shape index (κ1) is 9.58. The molecule has 4 heteroatoms. The minimum atomic E-state index is -1.02. The zero-order valence-electron chi connectivity index (χ0n) is 7.63. The molecule has 0 amide bonds. The number of hydrogen-bond donors (Lipinski definition) is 1. The van der Waals surface area contributed by atoms with Crippen LogP contribution in [0.1, 0.15) is 15.9 Å². The molecule has 15 heavy (non-hydrogen) atoms. The van der Waals surface area contributed by atoms with Crippen molar-refractivity contribution in [2.75, 3.05) is 0 Å². The molecule has 1 aromatic carbocycles. The molecule has 0 fully saturated rings. The van der Waals surface area contributed by atoms with Crippen molar-refractivity contribution >= 4 is 5.78 Å². The maximum Gasteiger partial charge on any atom is 0.194 e. The molecular formula is C11H7F2NO. The van der Waals surface area contributed by atoms with Crippen LogP contribution in [0.4, 0.5) is 8.78 Å². The molecule has 0 atom stereocenters. The topological polar surface area (TPSA) is 32.9 Å². The van der Waals surface area contributed by atoms with E-state index in [1.54, 1.807) is 12.3 Å². The first-order valence-electron chi connectivity index (χ1n) is 4.31. The first-order valence-corrected chi connectivity index (χ1v) is 4.31. The number of carbonyl (C=O) groups is 1. The van der Waals surface area contributed by atoms with Crippen molar-refractivity contribution < 1.29 is 13.6 Å². The quantitative estimate of drug-likeness (QED) is 0.754. The van der Waals surface area contributed by atoms with Gasteiger partial charge in [-0.2, -0.15) is 0 Å². The van der Waals surface area contributed by atoms with Crippen LogP contribution in [0.25, 0.3) is 0 Å². The summed E-state index contributed by atoms with van der Waals surface area (Å²) in [5.74, 6) is -2.31. The van der Waals surface area contributed by atoms with Crippen molar-refractivity contribution in [3.63, 3.8) is 0 Å². The summed E-state index contributed by atoms with van der Waals surface area (Å²) in [5, 5.41) is 0. The number of aromatic nitrogens is 1. The molecule has 0 aliphatic carbocycles. The maximum absolute atomic E-state index is 12.8. The van der Waals surface area contributed by atoms with Gasteiger partial charge in [-0.3, -0.25) is 4.79 Å². The molecule has 2 aromatic rings. The monoisotopic (exact) mass is 207 g/mol. The third-order valence-electron chi connectivity index (χ3n) is 2.04. The normalized spacial score (nSPS) is 10.3. The third kappa shape index (κ3) is 1.79. The van der Waals surface area contributed by atoms with Gasteiger partial charge in [-0.05, 0) is 24.3 Å². The van der Waals surface area contributed by atoms with Crippen LogP contribution in [0.3, 0.4) is 0 Å². The average molecular weight is 207 g/mol. The van der Waals surface area contributed by atoms with Crippen molar-refractivity contribution in [2.45, 2.75) is 0 Å². The predicted octanol–water partition coefficient (Wildman–Crippen LogP) is 2.52. The SMILES string of the molecule is O=C(c1cc[nH]c1)c1ccc(F)c(F)c1. The molecule has 0 aliphatic heterocycles. The number of nitrogens with one attached hydrogen (secondary N) is 1. The van der Waals surface area contributed by atoms with Gasteiger partial charge in [0.2, 0.25) is 0 Å². The predicted molar refractivity (Wildman–Crippen MR) is 50.6 cm³/mol. The van der Waals surface area contributed by atoms with Crippen molar-refractivity contribution in [1.29, 1.82) is 0 Å². The van der Waals surface area contributed by atoms with Gasteiger partial charge in [0.1, 0.15) is 0 Å². The lowest BCUT2D eigenvalue weighted by Gasteiger charge is -1.98. The molecule has 0 spiro atoms. The fourth-order valence-corrected chi connectivity index (χ4v) is 1.27. The van der Waals surface area contributed by atoms with E-state index in [1.807, 2.05) is 0 Å². The lowest BCUT2D eigenvalue weighted by atomic mass is 10.1. The van der Waals surface area contributed by atoms with Crippen LogP contribution in [-0.2, 0) is 0 Å². The van der Waals surface area contributed by atoms with E-state index in [1.165, 1.54) is 12.3 Å². The maximum atomic E-state index is 12.8. The summed E-state index contributed by atoms with van der Waals surface area (Å²) in [5.41, 5.74) is 0.550. The van der Waals surface area contributed by atoms with Crippen LogP contribution in [0.15, 0.2) is 36.7 Å². The van der Waals surface area contributed by atoms with E-state index in [0.29, 0.717) is 5.56 Å². The van der Waals surface area contributed by atoms with Gasteiger partial charge in [0.25, 0.3) is 0 Å². The number of aromatic amines is 1. The minimum Gasteiger partial charge on any atom is -0.367 e. The number of ketones is 1. The molecule has 1 aromatic heterocycles. The highest BCUT2D eigenvalue weighted by Gasteiger charge is 2.11. The molecule has 0 unspecified atom stereocenters. The van der Waals surface area contributed by atoms with Crippen LogP contribution in [0, 0.1) is 11.6 Å². The van der Waals surface area contributed by atoms with E-state index in [9.17, 15) is 13.6 Å². The van der Waals surface area contributed by atoms with Gasteiger partial charge in [0, 0.05) is 23.5 Å². The second-order valence-corrected chi connectivity index (χ2v) is 3.06. The van der Waals surface area contributed by atoms with Crippen LogP contribution in [0.2, 0.25) is 0 Å². The number of benzene rings is 1. The van der Waals surface area contributed by atoms with Crippen molar-refractivity contribution in [1.82, 2.24) is 4.98 Å². The lowest BCUT2D eigenvalue weighted by Crippen LogP contribution is -2.01. The second kappa shape index (κ2) is 3.65. The summed E-state index contributed by atoms with van der Waals surface area (Å²) in [7, 11) is 0. The van der Waals surface area contributed by atoms with E-state index in [-0.39, 0.29) is 11.3 Å². The van der Waals surface area contributed by atoms with Gasteiger partial charge < -0.3 is 4.98 Å². The van der Waals surface area contributed by atoms with E-state index in [2.05, 4.69) is 4.98 Å². The number of rotatable bonds is 2. The fraction of sp³-hybridized carbons (Fsp3) is 0. The number of halogens is 2. The summed E-state index contributed by atoms with van der Waals surface area (Å²) in [6.07, 6.45) is 3.09. The van der Waals surface area contributed by atoms with Gasteiger partial charge in [0.15, 0.2) is 17.4 Å². The van der Waals surface area contributed by atoms with E-state index in [0.717, 1.165) is 12.1 Å². The third-order valence-corrected chi connectivity index (χ3v) is 2.04. The minimum absolute atomic E-state index is 0.133. The number of hydrogen-bond acceptors (Lipinski definition) is 1. The zero-order valence-corrected chi connectivity index (χ0v) is 7.63. The molecule has 1 N–H and O–H groups in total. The smallest absolute Gasteiger partial charge is 0.194 e. The zero-order chi connectivity index (χ0) is 10.8. The average Bonchev–Trinajstić information content (AvgIpc) is 2.74. The van der Waals surface area contributed by atoms with Crippen LogP contribution >= 0.6 is 0 Å². The van der Waals surface area contributed by atoms with Crippen molar-refractivity contribution in [2.24, 2.45) is 0 Å². The molecule has 0 saturated carbocycles. The van der Waals surface area contributed by atoms with Crippen LogP contribution in [0.5, 0.6) is 0 Å². The Hall–Kier alpha value is -1.97. The molecule has 0 aliphatic rings. The largest absolute Gasteiger partial charge is 0.367 e. The Morgan fingerprint density at radius 3 is 2.47 bits per heavy atom. The summed E-state index contributed by atoms with van der Waals surface area (Å²) < 4.78 is 25.5. The van der Waals surface area contributed by atoms with Crippen molar-refractivity contribution in [3.8, 4) is 0 Å². The highest BCUT2D eigenvalue weighted by molar-refractivity contribution is 6.08. The summed E-state index contributed by atoms with van der Waals surface area (Å²) >= 11 is 0. The van der Waals surface area contributed by atoms with Crippen molar-refractivity contribution in [3.05, 3.63) is 59.4 Å². The Labute approximate surface area is 84.6 Å². The van der Waals surface area contributed by atoms with Gasteiger partial charge in [-0.25, -0.2) is 8.78 Å². The standard InChI is InChI=1S/C11H7F2NO/c12-9-2-1-7(5-10(9)13)11(15)8-3-4-14-6-8/h1-6,14H. The molecule has 76 valence electrons. The molecule has 0 radical (unpaired) electrons. The fourth-order valence-electron chi connectivity index (χ4n) is 1.27. The van der Waals surface area contributed by atoms with Gasteiger partial charge in [0.05, 0.1) is 0 Å². The van der Waals surface area contributed by atoms with Gasteiger partial charge in [-0.15, -0.1) is 0 Å². The Balaban J connectivity index is 2.39. The molecule has 2 nitrogen and oxygen atoms in total. The Bertz CT molecular complexity index is 491. The first-order chi connectivity index (χ1) is 7.18. The van der Waals surface area contributed by atoms with Crippen LogP contribution < -0.4 is 0 Å². The van der Waals surface area contributed by atoms with Crippen LogP contribution in [-0.4, -0.2) is 10.8 Å². The van der Waals surface area contributed by atoms with Gasteiger partial charge >= 0.3 is 0 Å². The summed E-state index contributed by atoms with van der Waals surface area (Å²) in [6, 6.07) is 4.66. The number of carbonyl (C=O) groups excluding carboxylic acids is 1. The van der Waals surface area contributed by atoms with E-state index < -0.39 is 11.6 Å². The van der Waals surface area contributed by atoms with E-state index in [4.69, 9.17) is 0 Å². The summed E-state index contributed by atoms with van der Waals surface area (Å²) in [4.78, 5) is 14.4. The molecule has 2 rings (SSSR count). The Morgan fingerprint density at radius 2 is 1.87 bits per heavy atom. The molecule has 0 bridgehead atoms. The Kier molecular flexibility index (Phi) is 2.33. The van der Waals surface area contributed by atoms with E-state index >= 15 is 0 Å². The number of H-pyrrole nitrogens is 1. The molecule has 0 saturated heterocycles. The molecular weight excluding hydrogens is 200 g/mol.